The molecule has 0 bridgehead atoms. The van der Waals surface area contributed by atoms with Crippen LogP contribution < -0.4 is 5.32 Å². The summed E-state index contributed by atoms with van der Waals surface area (Å²) in [5.74, 6) is 0.775. The number of rotatable bonds is 9. The van der Waals surface area contributed by atoms with Gasteiger partial charge in [-0.15, -0.1) is 10.2 Å². The molecule has 1 saturated heterocycles. The lowest BCUT2D eigenvalue weighted by Crippen LogP contribution is -2.38. The number of carbonyl (C=O) groups excluding carboxylic acids is 1. The van der Waals surface area contributed by atoms with Crippen LogP contribution in [0.3, 0.4) is 0 Å². The van der Waals surface area contributed by atoms with Gasteiger partial charge in [0, 0.05) is 38.3 Å². The smallest absolute Gasteiger partial charge is 0.233 e. The van der Waals surface area contributed by atoms with E-state index >= 15 is 0 Å². The first kappa shape index (κ1) is 22.7. The summed E-state index contributed by atoms with van der Waals surface area (Å²) in [6.07, 6.45) is 0. The molecule has 1 amide bonds. The molecule has 3 rings (SSSR count). The van der Waals surface area contributed by atoms with Gasteiger partial charge in [0.15, 0.2) is 11.0 Å². The van der Waals surface area contributed by atoms with Crippen molar-refractivity contribution in [3.8, 4) is 11.4 Å². The molecule has 2 heterocycles. The largest absolute Gasteiger partial charge is 0.379 e. The Morgan fingerprint density at radius 3 is 2.53 bits per heavy atom. The fourth-order valence-corrected chi connectivity index (χ4v) is 4.02. The second-order valence-corrected chi connectivity index (χ2v) is 9.13. The SMILES string of the molecule is CC(C)CNC(=O)C(C)Sc1nnc(-c2ccc(F)cc2)n1CCN1CCOCC1. The molecule has 1 fully saturated rings. The first-order chi connectivity index (χ1) is 14.4. The van der Waals surface area contributed by atoms with E-state index in [1.807, 2.05) is 11.5 Å². The zero-order chi connectivity index (χ0) is 21.5. The van der Waals surface area contributed by atoms with Gasteiger partial charge in [-0.25, -0.2) is 4.39 Å². The maximum Gasteiger partial charge on any atom is 0.233 e. The number of thioether (sulfide) groups is 1. The van der Waals surface area contributed by atoms with Gasteiger partial charge in [-0.1, -0.05) is 25.6 Å². The van der Waals surface area contributed by atoms with E-state index in [-0.39, 0.29) is 17.0 Å². The predicted molar refractivity (Wildman–Crippen MR) is 116 cm³/mol. The summed E-state index contributed by atoms with van der Waals surface area (Å²) < 4.78 is 20.8. The molecule has 1 aromatic heterocycles. The van der Waals surface area contributed by atoms with Crippen LogP contribution in [-0.4, -0.2) is 70.2 Å². The van der Waals surface area contributed by atoms with Crippen molar-refractivity contribution < 1.29 is 13.9 Å². The number of hydrogen-bond acceptors (Lipinski definition) is 6. The highest BCUT2D eigenvalue weighted by Gasteiger charge is 2.22. The van der Waals surface area contributed by atoms with Crippen molar-refractivity contribution in [1.29, 1.82) is 0 Å². The third-order valence-electron chi connectivity index (χ3n) is 4.90. The molecule has 0 spiro atoms. The van der Waals surface area contributed by atoms with Gasteiger partial charge in [-0.3, -0.25) is 9.69 Å². The summed E-state index contributed by atoms with van der Waals surface area (Å²) in [4.78, 5) is 14.8. The van der Waals surface area contributed by atoms with E-state index in [4.69, 9.17) is 4.74 Å². The van der Waals surface area contributed by atoms with E-state index in [1.54, 1.807) is 12.1 Å². The van der Waals surface area contributed by atoms with Crippen molar-refractivity contribution in [2.45, 2.75) is 37.7 Å². The number of halogens is 1. The second-order valence-electron chi connectivity index (χ2n) is 7.82. The van der Waals surface area contributed by atoms with Crippen LogP contribution in [0.15, 0.2) is 29.4 Å². The summed E-state index contributed by atoms with van der Waals surface area (Å²) in [6, 6.07) is 6.26. The van der Waals surface area contributed by atoms with Gasteiger partial charge in [0.2, 0.25) is 5.91 Å². The Kier molecular flexibility index (Phi) is 8.24. The zero-order valence-electron chi connectivity index (χ0n) is 17.8. The zero-order valence-corrected chi connectivity index (χ0v) is 18.6. The molecule has 2 aromatic rings. The van der Waals surface area contributed by atoms with Crippen LogP contribution in [0.5, 0.6) is 0 Å². The Labute approximate surface area is 181 Å². The quantitative estimate of drug-likeness (QED) is 0.611. The molecule has 7 nitrogen and oxygen atoms in total. The average Bonchev–Trinajstić information content (AvgIpc) is 3.14. The molecule has 0 saturated carbocycles. The average molecular weight is 436 g/mol. The standard InChI is InChI=1S/C21H30FN5O2S/c1-15(2)14-23-20(28)16(3)30-21-25-24-19(17-4-6-18(22)7-5-17)27(21)9-8-26-10-12-29-13-11-26/h4-7,15-16H,8-14H2,1-3H3,(H,23,28). The lowest BCUT2D eigenvalue weighted by atomic mass is 10.2. The van der Waals surface area contributed by atoms with Crippen molar-refractivity contribution in [2.24, 2.45) is 5.92 Å². The number of nitrogens with zero attached hydrogens (tertiary/aromatic N) is 4. The maximum atomic E-state index is 13.4. The number of amides is 1. The minimum atomic E-state index is -0.295. The van der Waals surface area contributed by atoms with Crippen LogP contribution in [-0.2, 0) is 16.1 Å². The topological polar surface area (TPSA) is 72.3 Å². The lowest BCUT2D eigenvalue weighted by molar-refractivity contribution is -0.120. The van der Waals surface area contributed by atoms with Crippen molar-refractivity contribution in [3.05, 3.63) is 30.1 Å². The monoisotopic (exact) mass is 435 g/mol. The number of morpholine rings is 1. The molecule has 1 aliphatic rings. The van der Waals surface area contributed by atoms with E-state index in [0.717, 1.165) is 38.4 Å². The van der Waals surface area contributed by atoms with E-state index in [1.165, 1.54) is 23.9 Å². The van der Waals surface area contributed by atoms with E-state index in [0.29, 0.717) is 30.0 Å². The van der Waals surface area contributed by atoms with Crippen LogP contribution in [0, 0.1) is 11.7 Å². The molecule has 1 N–H and O–H groups in total. The Balaban J connectivity index is 1.77. The Morgan fingerprint density at radius 2 is 1.87 bits per heavy atom. The second kappa shape index (κ2) is 10.9. The van der Waals surface area contributed by atoms with Crippen molar-refractivity contribution >= 4 is 17.7 Å². The van der Waals surface area contributed by atoms with Gasteiger partial charge in [0.25, 0.3) is 0 Å². The Hall–Kier alpha value is -1.97. The highest BCUT2D eigenvalue weighted by Crippen LogP contribution is 2.27. The molecule has 1 aliphatic heterocycles. The highest BCUT2D eigenvalue weighted by atomic mass is 32.2. The van der Waals surface area contributed by atoms with Crippen LogP contribution in [0.25, 0.3) is 11.4 Å². The summed E-state index contributed by atoms with van der Waals surface area (Å²) >= 11 is 1.40. The minimum absolute atomic E-state index is 0.0141. The number of nitrogens with one attached hydrogen (secondary N) is 1. The Morgan fingerprint density at radius 1 is 1.17 bits per heavy atom. The van der Waals surface area contributed by atoms with Gasteiger partial charge in [-0.2, -0.15) is 0 Å². The predicted octanol–water partition coefficient (Wildman–Crippen LogP) is 2.67. The summed E-state index contributed by atoms with van der Waals surface area (Å²) in [6.45, 7) is 11.4. The molecule has 30 heavy (non-hydrogen) atoms. The van der Waals surface area contributed by atoms with Crippen LogP contribution in [0.1, 0.15) is 20.8 Å². The van der Waals surface area contributed by atoms with Gasteiger partial charge in [0.1, 0.15) is 5.82 Å². The first-order valence-corrected chi connectivity index (χ1v) is 11.3. The summed E-state index contributed by atoms with van der Waals surface area (Å²) in [5.41, 5.74) is 0.801. The number of aromatic nitrogens is 3. The third kappa shape index (κ3) is 6.26. The van der Waals surface area contributed by atoms with Gasteiger partial charge >= 0.3 is 0 Å². The lowest BCUT2D eigenvalue weighted by Gasteiger charge is -2.27. The Bertz CT molecular complexity index is 821. The maximum absolute atomic E-state index is 13.4. The van der Waals surface area contributed by atoms with Crippen molar-refractivity contribution in [3.63, 3.8) is 0 Å². The van der Waals surface area contributed by atoms with Crippen LogP contribution >= 0.6 is 11.8 Å². The van der Waals surface area contributed by atoms with E-state index in [9.17, 15) is 9.18 Å². The minimum Gasteiger partial charge on any atom is -0.379 e. The van der Waals surface area contributed by atoms with Gasteiger partial charge in [-0.05, 0) is 37.1 Å². The molecular formula is C21H30FN5O2S. The molecule has 0 radical (unpaired) electrons. The highest BCUT2D eigenvalue weighted by molar-refractivity contribution is 8.00. The van der Waals surface area contributed by atoms with Gasteiger partial charge < -0.3 is 14.6 Å². The molecule has 1 unspecified atom stereocenters. The number of benzene rings is 1. The van der Waals surface area contributed by atoms with Gasteiger partial charge in [0.05, 0.1) is 18.5 Å². The van der Waals surface area contributed by atoms with E-state index in [2.05, 4.69) is 34.3 Å². The van der Waals surface area contributed by atoms with E-state index < -0.39 is 0 Å². The third-order valence-corrected chi connectivity index (χ3v) is 5.98. The first-order valence-electron chi connectivity index (χ1n) is 10.4. The summed E-state index contributed by atoms with van der Waals surface area (Å²) in [5, 5.41) is 12.1. The van der Waals surface area contributed by atoms with Crippen molar-refractivity contribution in [2.75, 3.05) is 39.4 Å². The molecular weight excluding hydrogens is 405 g/mol. The number of ether oxygens (including phenoxy) is 1. The molecule has 9 heteroatoms. The number of hydrogen-bond donors (Lipinski definition) is 1. The van der Waals surface area contributed by atoms with Crippen molar-refractivity contribution in [1.82, 2.24) is 25.0 Å². The normalized spacial score (nSPS) is 16.0. The molecule has 0 aliphatic carbocycles. The fraction of sp³-hybridized carbons (Fsp3) is 0.571. The number of carbonyl (C=O) groups is 1. The van der Waals surface area contributed by atoms with Crippen LogP contribution in [0.4, 0.5) is 4.39 Å². The van der Waals surface area contributed by atoms with Crippen LogP contribution in [0.2, 0.25) is 0 Å². The molecule has 1 atom stereocenters. The molecule has 1 aromatic carbocycles. The fourth-order valence-electron chi connectivity index (χ4n) is 3.12. The molecule has 164 valence electrons. The summed E-state index contributed by atoms with van der Waals surface area (Å²) in [7, 11) is 0.